The van der Waals surface area contributed by atoms with Crippen LogP contribution in [0.5, 0.6) is 0 Å². The average molecular weight is 138 g/mol. The summed E-state index contributed by atoms with van der Waals surface area (Å²) >= 11 is -3.05. The molecule has 0 atom stereocenters. The van der Waals surface area contributed by atoms with E-state index in [0.29, 0.717) is 0 Å². The average Bonchev–Trinajstić information content (AvgIpc) is 1.82. The van der Waals surface area contributed by atoms with Crippen molar-refractivity contribution in [3.05, 3.63) is 0 Å². The van der Waals surface area contributed by atoms with Crippen molar-refractivity contribution in [1.29, 1.82) is 0 Å². The van der Waals surface area contributed by atoms with Crippen LogP contribution in [-0.2, 0) is 4.18 Å². The van der Waals surface area contributed by atoms with Crippen molar-refractivity contribution in [3.63, 3.8) is 0 Å². The lowest BCUT2D eigenvalue weighted by Crippen LogP contribution is -2.08. The third kappa shape index (κ3) is 1.03. The molecule has 6 heteroatoms. The third-order valence-electron chi connectivity index (χ3n) is 0.559. The summed E-state index contributed by atoms with van der Waals surface area (Å²) in [6.45, 7) is 1.52. The van der Waals surface area contributed by atoms with Crippen LogP contribution in [0, 0.1) is 0 Å². The van der Waals surface area contributed by atoms with E-state index in [1.807, 2.05) is 4.83 Å². The molecule has 0 spiro atoms. The third-order valence-corrected chi connectivity index (χ3v) is 1.36. The van der Waals surface area contributed by atoms with Crippen LogP contribution >= 0.6 is 11.1 Å². The van der Waals surface area contributed by atoms with Crippen molar-refractivity contribution in [2.45, 2.75) is 6.92 Å². The van der Waals surface area contributed by atoms with E-state index >= 15 is 0 Å². The van der Waals surface area contributed by atoms with E-state index in [2.05, 4.69) is 9.28 Å². The smallest absolute Gasteiger partial charge is 0.245 e. The maximum absolute atomic E-state index is 8.56. The van der Waals surface area contributed by atoms with E-state index in [4.69, 9.17) is 9.11 Å². The summed E-state index contributed by atoms with van der Waals surface area (Å²) in [5.41, 5.74) is 0. The zero-order valence-electron chi connectivity index (χ0n) is 4.16. The SMILES string of the molecule is CC1=NNS(O)(O)O1. The fraction of sp³-hybridized carbons (Fsp3) is 0.500. The molecule has 0 aromatic carbocycles. The molecule has 1 rings (SSSR count). The zero-order valence-corrected chi connectivity index (χ0v) is 4.97. The Balaban J connectivity index is 2.55. The van der Waals surface area contributed by atoms with Crippen LogP contribution < -0.4 is 4.83 Å². The number of rotatable bonds is 0. The number of hydrogen-bond acceptors (Lipinski definition) is 5. The quantitative estimate of drug-likeness (QED) is 0.456. The first-order valence-corrected chi connectivity index (χ1v) is 3.36. The molecule has 0 aromatic rings. The number of nitrogens with one attached hydrogen (secondary N) is 1. The van der Waals surface area contributed by atoms with Crippen LogP contribution in [0.1, 0.15) is 6.92 Å². The van der Waals surface area contributed by atoms with Gasteiger partial charge in [0.15, 0.2) is 0 Å². The van der Waals surface area contributed by atoms with Gasteiger partial charge in [-0.25, -0.2) is 0 Å². The second-order valence-corrected chi connectivity index (χ2v) is 2.64. The fourth-order valence-corrected chi connectivity index (χ4v) is 0.988. The molecule has 0 amide bonds. The van der Waals surface area contributed by atoms with E-state index < -0.39 is 11.1 Å². The first-order valence-electron chi connectivity index (χ1n) is 1.89. The molecule has 3 N–H and O–H groups in total. The Bertz CT molecular complexity index is 133. The Kier molecular flexibility index (Phi) is 1.07. The highest BCUT2D eigenvalue weighted by Gasteiger charge is 2.24. The molecule has 0 saturated heterocycles. The molecule has 5 nitrogen and oxygen atoms in total. The van der Waals surface area contributed by atoms with Crippen LogP contribution in [0.25, 0.3) is 0 Å². The molecule has 48 valence electrons. The summed E-state index contributed by atoms with van der Waals surface area (Å²) in [5, 5.41) is 3.37. The Labute approximate surface area is 48.0 Å². The Morgan fingerprint density at radius 1 is 1.75 bits per heavy atom. The number of nitrogens with zero attached hydrogens (tertiary/aromatic N) is 1. The van der Waals surface area contributed by atoms with Gasteiger partial charge in [0.25, 0.3) is 0 Å². The van der Waals surface area contributed by atoms with Gasteiger partial charge in [-0.2, -0.15) is 4.83 Å². The van der Waals surface area contributed by atoms with Crippen molar-refractivity contribution in [2.75, 3.05) is 0 Å². The molecule has 0 bridgehead atoms. The van der Waals surface area contributed by atoms with E-state index in [1.165, 1.54) is 6.92 Å². The molecule has 0 saturated carbocycles. The van der Waals surface area contributed by atoms with Crippen LogP contribution in [-0.4, -0.2) is 15.0 Å². The lowest BCUT2D eigenvalue weighted by molar-refractivity contribution is 0.380. The molecule has 0 aromatic heterocycles. The lowest BCUT2D eigenvalue weighted by Gasteiger charge is -2.16. The van der Waals surface area contributed by atoms with Crippen LogP contribution in [0.4, 0.5) is 0 Å². The molecule has 0 fully saturated rings. The first-order chi connectivity index (χ1) is 3.60. The highest BCUT2D eigenvalue weighted by atomic mass is 32.3. The summed E-state index contributed by atoms with van der Waals surface area (Å²) in [6.07, 6.45) is 0. The standard InChI is InChI=1S/C2H6N2O3S/c1-2-3-4-8(5,6)7-2/h4-6H,1H3. The largest absolute Gasteiger partial charge is 0.370 e. The van der Waals surface area contributed by atoms with Crippen molar-refractivity contribution in [3.8, 4) is 0 Å². The number of hydrogen-bond donors (Lipinski definition) is 3. The van der Waals surface area contributed by atoms with Gasteiger partial charge < -0.3 is 4.18 Å². The summed E-state index contributed by atoms with van der Waals surface area (Å²) < 4.78 is 21.5. The van der Waals surface area contributed by atoms with Crippen molar-refractivity contribution < 1.29 is 13.3 Å². The molecule has 0 radical (unpaired) electrons. The first kappa shape index (κ1) is 5.67. The lowest BCUT2D eigenvalue weighted by atomic mass is 10.8. The summed E-state index contributed by atoms with van der Waals surface area (Å²) in [7, 11) is 0. The van der Waals surface area contributed by atoms with Gasteiger partial charge in [0.1, 0.15) is 0 Å². The van der Waals surface area contributed by atoms with Crippen molar-refractivity contribution in [2.24, 2.45) is 5.10 Å². The Morgan fingerprint density at radius 2 is 2.38 bits per heavy atom. The molecule has 0 aliphatic carbocycles. The molecular weight excluding hydrogens is 132 g/mol. The molecule has 0 unspecified atom stereocenters. The van der Waals surface area contributed by atoms with Crippen molar-refractivity contribution >= 4 is 17.0 Å². The highest BCUT2D eigenvalue weighted by molar-refractivity contribution is 8.18. The van der Waals surface area contributed by atoms with Gasteiger partial charge in [0, 0.05) is 6.92 Å². The predicted molar refractivity (Wildman–Crippen MR) is 30.2 cm³/mol. The topological polar surface area (TPSA) is 74.1 Å². The second-order valence-electron chi connectivity index (χ2n) is 1.30. The summed E-state index contributed by atoms with van der Waals surface area (Å²) in [6, 6.07) is 0. The monoisotopic (exact) mass is 138 g/mol. The van der Waals surface area contributed by atoms with Gasteiger partial charge in [0.2, 0.25) is 17.0 Å². The molecule has 1 aliphatic heterocycles. The van der Waals surface area contributed by atoms with Gasteiger partial charge in [-0.15, -0.1) is 5.10 Å². The molecule has 1 aliphatic rings. The molecular formula is C2H6N2O3S. The maximum Gasteiger partial charge on any atom is 0.245 e. The Hall–Kier alpha value is -0.460. The van der Waals surface area contributed by atoms with Gasteiger partial charge in [-0.1, -0.05) is 0 Å². The van der Waals surface area contributed by atoms with Crippen LogP contribution in [0.3, 0.4) is 0 Å². The normalized spacial score (nSPS) is 27.6. The van der Waals surface area contributed by atoms with Gasteiger partial charge >= 0.3 is 0 Å². The van der Waals surface area contributed by atoms with E-state index in [1.54, 1.807) is 0 Å². The van der Waals surface area contributed by atoms with Gasteiger partial charge in [0.05, 0.1) is 0 Å². The van der Waals surface area contributed by atoms with Gasteiger partial charge in [-0.3, -0.25) is 9.11 Å². The Morgan fingerprint density at radius 3 is 2.50 bits per heavy atom. The van der Waals surface area contributed by atoms with Crippen molar-refractivity contribution in [1.82, 2.24) is 4.83 Å². The molecule has 1 heterocycles. The predicted octanol–water partition coefficient (Wildman–Crippen LogP) is 0.520. The van der Waals surface area contributed by atoms with Crippen LogP contribution in [0.2, 0.25) is 0 Å². The molecule has 8 heavy (non-hydrogen) atoms. The zero-order chi connectivity index (χ0) is 6.20. The van der Waals surface area contributed by atoms with E-state index in [0.717, 1.165) is 0 Å². The highest BCUT2D eigenvalue weighted by Crippen LogP contribution is 2.38. The second kappa shape index (κ2) is 1.51. The van der Waals surface area contributed by atoms with E-state index in [9.17, 15) is 0 Å². The minimum atomic E-state index is -3.05. The summed E-state index contributed by atoms with van der Waals surface area (Å²) in [5.74, 6) is 0.241. The minimum Gasteiger partial charge on any atom is -0.370 e. The fourth-order valence-electron chi connectivity index (χ4n) is 0.329. The van der Waals surface area contributed by atoms with Gasteiger partial charge in [-0.05, 0) is 0 Å². The minimum absolute atomic E-state index is 0.241. The maximum atomic E-state index is 8.56. The number of hydrazone groups is 1. The van der Waals surface area contributed by atoms with E-state index in [-0.39, 0.29) is 5.90 Å². The summed E-state index contributed by atoms with van der Waals surface area (Å²) in [4.78, 5) is 2.01. The van der Waals surface area contributed by atoms with Crippen LogP contribution in [0.15, 0.2) is 5.10 Å².